The number of esters is 1. The van der Waals surface area contributed by atoms with Crippen LogP contribution in [0.3, 0.4) is 0 Å². The molecule has 6 rings (SSSR count). The van der Waals surface area contributed by atoms with Crippen LogP contribution in [0.1, 0.15) is 87.6 Å². The largest absolute Gasteiger partial charge is 0.514 e. The third-order valence-electron chi connectivity index (χ3n) is 10.0. The minimum absolute atomic E-state index is 0.0588. The molecular weight excluding hydrogens is 504 g/mol. The van der Waals surface area contributed by atoms with Crippen LogP contribution in [0.5, 0.6) is 5.75 Å². The second-order valence-corrected chi connectivity index (χ2v) is 13.0. The van der Waals surface area contributed by atoms with E-state index in [1.54, 1.807) is 0 Å². The van der Waals surface area contributed by atoms with E-state index in [2.05, 4.69) is 22.8 Å². The molecule has 0 radical (unpaired) electrons. The molecule has 1 amide bonds. The van der Waals surface area contributed by atoms with Gasteiger partial charge in [-0.2, -0.15) is 4.79 Å². The summed E-state index contributed by atoms with van der Waals surface area (Å²) >= 11 is 0. The van der Waals surface area contributed by atoms with E-state index in [1.165, 1.54) is 31.9 Å². The number of hydrogen-bond donors (Lipinski definition) is 1. The second kappa shape index (κ2) is 9.65. The van der Waals surface area contributed by atoms with Crippen LogP contribution in [-0.4, -0.2) is 57.6 Å². The fourth-order valence-corrected chi connectivity index (χ4v) is 8.31. The molecule has 2 aliphatic heterocycles. The molecule has 1 N–H and O–H groups in total. The molecule has 0 bridgehead atoms. The fourth-order valence-electron chi connectivity index (χ4n) is 8.31. The van der Waals surface area contributed by atoms with E-state index in [-0.39, 0.29) is 10.5 Å². The minimum Gasteiger partial charge on any atom is -0.486 e. The normalized spacial score (nSPS) is 25.1. The average molecular weight is 546 g/mol. The lowest BCUT2D eigenvalue weighted by molar-refractivity contribution is -0.940. The van der Waals surface area contributed by atoms with Crippen molar-refractivity contribution in [1.82, 2.24) is 4.57 Å². The summed E-state index contributed by atoms with van der Waals surface area (Å²) in [5.74, 6) is 0.817. The summed E-state index contributed by atoms with van der Waals surface area (Å²) in [6.07, 6.45) is 6.64. The minimum atomic E-state index is -0.803. The number of carbonyl (C=O) groups excluding carboxylic acids is 1. The number of hydrogen-bond acceptors (Lipinski definition) is 4. The molecule has 3 heterocycles. The van der Waals surface area contributed by atoms with E-state index in [9.17, 15) is 14.7 Å². The summed E-state index contributed by atoms with van der Waals surface area (Å²) in [5, 5.41) is 12.1. The highest BCUT2D eigenvalue weighted by Gasteiger charge is 2.66. The van der Waals surface area contributed by atoms with Crippen molar-refractivity contribution in [3.05, 3.63) is 53.6 Å². The first-order valence-corrected chi connectivity index (χ1v) is 14.7. The standard InChI is InChI=1S/C33H40N2O5/c1-32(2,3)35(31(37)38)18-10-17-33(35)20-34-26-19-23(30(36)39-4)15-16-24(26)28(22-11-6-5-7-12-22)29(34)25-13-8-9-14-27(25)40-21-33/h8-9,13-16,19,22H,5-7,10-12,17-18,20-21H2,1-4H3/p+1/t33-,35?/m1/s1. The smallest absolute Gasteiger partial charge is 0.486 e. The Hall–Kier alpha value is -3.32. The van der Waals surface area contributed by atoms with Gasteiger partial charge in [-0.25, -0.2) is 9.28 Å². The molecule has 2 fully saturated rings. The van der Waals surface area contributed by atoms with Crippen LogP contribution >= 0.6 is 0 Å². The Labute approximate surface area is 236 Å². The maximum atomic E-state index is 13.3. The third kappa shape index (κ3) is 3.80. The quantitative estimate of drug-likeness (QED) is 0.269. The first-order valence-electron chi connectivity index (χ1n) is 14.7. The maximum Gasteiger partial charge on any atom is 0.514 e. The molecule has 40 heavy (non-hydrogen) atoms. The molecule has 1 aromatic heterocycles. The summed E-state index contributed by atoms with van der Waals surface area (Å²) in [7, 11) is 1.41. The van der Waals surface area contributed by atoms with Crippen LogP contribution in [0.4, 0.5) is 4.79 Å². The van der Waals surface area contributed by atoms with Crippen molar-refractivity contribution in [3.63, 3.8) is 0 Å². The van der Waals surface area contributed by atoms with Crippen molar-refractivity contribution in [3.8, 4) is 17.0 Å². The van der Waals surface area contributed by atoms with Gasteiger partial charge in [0, 0.05) is 29.3 Å². The molecule has 1 saturated carbocycles. The van der Waals surface area contributed by atoms with Crippen LogP contribution in [-0.2, 0) is 11.3 Å². The van der Waals surface area contributed by atoms with Crippen molar-refractivity contribution < 1.29 is 28.7 Å². The number of ether oxygens (including phenoxy) is 2. The number of aromatic nitrogens is 1. The van der Waals surface area contributed by atoms with Crippen molar-refractivity contribution in [1.29, 1.82) is 0 Å². The van der Waals surface area contributed by atoms with Gasteiger partial charge in [-0.15, -0.1) is 0 Å². The van der Waals surface area contributed by atoms with Crippen molar-refractivity contribution >= 4 is 23.0 Å². The Morgan fingerprint density at radius 2 is 1.82 bits per heavy atom. The molecule has 1 spiro atoms. The van der Waals surface area contributed by atoms with Gasteiger partial charge in [-0.1, -0.05) is 37.5 Å². The lowest BCUT2D eigenvalue weighted by atomic mass is 9.81. The van der Waals surface area contributed by atoms with E-state index < -0.39 is 17.2 Å². The SMILES string of the molecule is COC(=O)c1ccc2c(C3CCCCC3)c3n(c2c1)C[C@]1(CCC[N+]1(C(=O)O)C(C)(C)C)COc1ccccc1-3. The van der Waals surface area contributed by atoms with E-state index in [1.807, 2.05) is 45.0 Å². The molecule has 3 aliphatic rings. The third-order valence-corrected chi connectivity index (χ3v) is 10.0. The van der Waals surface area contributed by atoms with Gasteiger partial charge in [0.25, 0.3) is 0 Å². The highest BCUT2D eigenvalue weighted by Crippen LogP contribution is 2.52. The lowest BCUT2D eigenvalue weighted by Crippen LogP contribution is -2.74. The molecule has 1 aliphatic carbocycles. The Morgan fingerprint density at radius 3 is 2.52 bits per heavy atom. The summed E-state index contributed by atoms with van der Waals surface area (Å²) in [5.41, 5.74) is 3.70. The summed E-state index contributed by atoms with van der Waals surface area (Å²) in [6.45, 7) is 7.48. The lowest BCUT2D eigenvalue weighted by Gasteiger charge is -2.52. The Kier molecular flexibility index (Phi) is 6.49. The molecular formula is C33H41N2O5+. The number of quaternary nitrogens is 1. The predicted octanol–water partition coefficient (Wildman–Crippen LogP) is 7.36. The van der Waals surface area contributed by atoms with Gasteiger partial charge >= 0.3 is 12.1 Å². The fraction of sp³-hybridized carbons (Fsp3) is 0.515. The van der Waals surface area contributed by atoms with Crippen LogP contribution in [0, 0.1) is 0 Å². The van der Waals surface area contributed by atoms with Crippen LogP contribution in [0.15, 0.2) is 42.5 Å². The number of nitrogens with zero attached hydrogens (tertiary/aromatic N) is 2. The highest BCUT2D eigenvalue weighted by atomic mass is 16.5. The summed E-state index contributed by atoms with van der Waals surface area (Å²) in [4.78, 5) is 26.0. The molecule has 7 nitrogen and oxygen atoms in total. The number of benzene rings is 2. The molecule has 1 unspecified atom stereocenters. The van der Waals surface area contributed by atoms with Crippen LogP contribution in [0.2, 0.25) is 0 Å². The average Bonchev–Trinajstić information content (AvgIpc) is 3.48. The second-order valence-electron chi connectivity index (χ2n) is 13.0. The number of amides is 1. The van der Waals surface area contributed by atoms with Crippen molar-refractivity contribution in [2.24, 2.45) is 0 Å². The first-order chi connectivity index (χ1) is 19.1. The number of likely N-dealkylation sites (tertiary alicyclic amines) is 1. The number of methoxy groups -OCH3 is 1. The number of para-hydroxylation sites is 1. The van der Waals surface area contributed by atoms with Gasteiger partial charge in [0.05, 0.1) is 31.5 Å². The monoisotopic (exact) mass is 545 g/mol. The van der Waals surface area contributed by atoms with Crippen molar-refractivity contribution in [2.75, 3.05) is 20.3 Å². The number of carboxylic acid groups (broad SMARTS) is 1. The van der Waals surface area contributed by atoms with E-state index >= 15 is 0 Å². The zero-order chi connectivity index (χ0) is 28.3. The Bertz CT molecular complexity index is 1480. The number of rotatable bonds is 2. The highest BCUT2D eigenvalue weighted by molar-refractivity contribution is 5.99. The first kappa shape index (κ1) is 26.9. The van der Waals surface area contributed by atoms with Crippen molar-refractivity contribution in [2.45, 2.75) is 89.3 Å². The van der Waals surface area contributed by atoms with Gasteiger partial charge in [0.15, 0.2) is 5.54 Å². The molecule has 2 atom stereocenters. The molecule has 7 heteroatoms. The predicted molar refractivity (Wildman–Crippen MR) is 155 cm³/mol. The topological polar surface area (TPSA) is 77.8 Å². The van der Waals surface area contributed by atoms with Gasteiger partial charge in [-0.05, 0) is 69.4 Å². The Balaban J connectivity index is 1.70. The maximum absolute atomic E-state index is 13.3. The zero-order valence-electron chi connectivity index (χ0n) is 24.2. The van der Waals surface area contributed by atoms with Gasteiger partial charge in [-0.3, -0.25) is 0 Å². The zero-order valence-corrected chi connectivity index (χ0v) is 24.2. The van der Waals surface area contributed by atoms with Gasteiger partial charge in [0.1, 0.15) is 17.9 Å². The summed E-state index contributed by atoms with van der Waals surface area (Å²) < 4.78 is 14.1. The molecule has 2 aromatic carbocycles. The number of carbonyl (C=O) groups is 2. The van der Waals surface area contributed by atoms with Gasteiger partial charge in [0.2, 0.25) is 0 Å². The molecule has 1 saturated heterocycles. The molecule has 212 valence electrons. The Morgan fingerprint density at radius 1 is 1.07 bits per heavy atom. The van der Waals surface area contributed by atoms with E-state index in [4.69, 9.17) is 9.47 Å². The van der Waals surface area contributed by atoms with Gasteiger partial charge < -0.3 is 19.1 Å². The number of fused-ring (bicyclic) bond motifs is 5. The van der Waals surface area contributed by atoms with E-state index in [0.717, 1.165) is 53.6 Å². The summed E-state index contributed by atoms with van der Waals surface area (Å²) in [6, 6.07) is 14.1. The van der Waals surface area contributed by atoms with E-state index in [0.29, 0.717) is 31.2 Å². The van der Waals surface area contributed by atoms with Crippen LogP contribution in [0.25, 0.3) is 22.2 Å². The molecule has 3 aromatic rings. The van der Waals surface area contributed by atoms with Crippen LogP contribution < -0.4 is 4.74 Å².